The zero-order valence-corrected chi connectivity index (χ0v) is 21.1. The maximum Gasteiger partial charge on any atom is 0.415 e. The Hall–Kier alpha value is -4.15. The number of alkyl halides is 3. The zero-order valence-electron chi connectivity index (χ0n) is 20.3. The normalized spacial score (nSPS) is 22.7. The van der Waals surface area contributed by atoms with Gasteiger partial charge in [0.05, 0.1) is 19.0 Å². The molecule has 1 fully saturated rings. The number of aliphatic imine (C=N–C) groups is 1. The average Bonchev–Trinajstić information content (AvgIpc) is 3.35. The van der Waals surface area contributed by atoms with Crippen molar-refractivity contribution in [3.63, 3.8) is 0 Å². The van der Waals surface area contributed by atoms with Gasteiger partial charge < -0.3 is 10.1 Å². The molecule has 2 aromatic carbocycles. The molecular formula is C27H18F5N5O2S. The Balaban J connectivity index is 1.55. The number of carbonyl (C=O) groups is 1. The van der Waals surface area contributed by atoms with Crippen molar-refractivity contribution in [2.24, 2.45) is 10.9 Å². The Bertz CT molecular complexity index is 1540. The first-order valence-electron chi connectivity index (χ1n) is 11.8. The molecule has 13 heteroatoms. The van der Waals surface area contributed by atoms with Crippen molar-refractivity contribution in [3.05, 3.63) is 94.8 Å². The monoisotopic (exact) mass is 571 g/mol. The molecule has 40 heavy (non-hydrogen) atoms. The summed E-state index contributed by atoms with van der Waals surface area (Å²) in [6.45, 7) is -0.610. The van der Waals surface area contributed by atoms with Crippen LogP contribution in [0.15, 0.2) is 65.9 Å². The number of hydrogen-bond donors (Lipinski definition) is 1. The molecular weight excluding hydrogens is 553 g/mol. The van der Waals surface area contributed by atoms with Gasteiger partial charge in [0.1, 0.15) is 23.1 Å². The third kappa shape index (κ3) is 5.32. The second-order valence-electron chi connectivity index (χ2n) is 8.98. The molecule has 0 spiro atoms. The van der Waals surface area contributed by atoms with Crippen LogP contribution in [0.1, 0.15) is 32.9 Å². The van der Waals surface area contributed by atoms with E-state index in [-0.39, 0.29) is 33.4 Å². The van der Waals surface area contributed by atoms with E-state index in [4.69, 9.17) is 10.00 Å². The summed E-state index contributed by atoms with van der Waals surface area (Å²) in [7, 11) is 0. The molecule has 2 aliphatic rings. The van der Waals surface area contributed by atoms with Gasteiger partial charge in [-0.3, -0.25) is 4.79 Å². The van der Waals surface area contributed by atoms with Crippen LogP contribution in [0.3, 0.4) is 0 Å². The molecule has 2 aliphatic heterocycles. The molecule has 0 unspecified atom stereocenters. The van der Waals surface area contributed by atoms with E-state index in [1.54, 1.807) is 36.4 Å². The summed E-state index contributed by atoms with van der Waals surface area (Å²) in [5, 5.41) is 11.4. The van der Waals surface area contributed by atoms with Crippen LogP contribution in [0.25, 0.3) is 11.9 Å². The molecule has 1 saturated heterocycles. The second kappa shape index (κ2) is 10.8. The van der Waals surface area contributed by atoms with Gasteiger partial charge in [0.15, 0.2) is 22.8 Å². The lowest BCUT2D eigenvalue weighted by Gasteiger charge is -2.37. The van der Waals surface area contributed by atoms with Crippen LogP contribution in [0.4, 0.5) is 22.0 Å². The van der Waals surface area contributed by atoms with E-state index in [1.165, 1.54) is 12.1 Å². The highest BCUT2D eigenvalue weighted by Crippen LogP contribution is 2.52. The summed E-state index contributed by atoms with van der Waals surface area (Å²) < 4.78 is 77.1. The molecule has 1 N–H and O–H groups in total. The number of benzene rings is 2. The molecule has 204 valence electrons. The summed E-state index contributed by atoms with van der Waals surface area (Å²) in [5.41, 5.74) is -1.87. The minimum Gasteiger partial charge on any atom is -0.365 e. The lowest BCUT2D eigenvalue weighted by Crippen LogP contribution is -2.47. The molecule has 0 saturated carbocycles. The van der Waals surface area contributed by atoms with Gasteiger partial charge in [-0.05, 0) is 35.9 Å². The van der Waals surface area contributed by atoms with Crippen LogP contribution in [-0.2, 0) is 10.3 Å². The van der Waals surface area contributed by atoms with Crippen LogP contribution in [-0.4, -0.2) is 45.7 Å². The Kier molecular flexibility index (Phi) is 7.39. The number of aromatic nitrogens is 2. The summed E-state index contributed by atoms with van der Waals surface area (Å²) in [6.07, 6.45) is -3.83. The number of fused-ring (bicyclic) bond motifs is 1. The van der Waals surface area contributed by atoms with Crippen LogP contribution < -0.4 is 5.32 Å². The Morgan fingerprint density at radius 2 is 1.95 bits per heavy atom. The Labute approximate surface area is 228 Å². The average molecular weight is 572 g/mol. The fourth-order valence-corrected chi connectivity index (χ4v) is 5.77. The first-order valence-corrected chi connectivity index (χ1v) is 12.8. The highest BCUT2D eigenvalue weighted by molar-refractivity contribution is 8.13. The molecule has 5 rings (SSSR count). The lowest BCUT2D eigenvalue weighted by atomic mass is 9.78. The number of halogens is 5. The number of ether oxygens (including phenoxy) is 1. The van der Waals surface area contributed by atoms with Crippen molar-refractivity contribution >= 4 is 34.7 Å². The Morgan fingerprint density at radius 1 is 1.18 bits per heavy atom. The standard InChI is InChI=1S/C27H18F5N5O2S/c28-20-7-6-15(9-21(29)22-12-34-17(10-33)11-35-22)8-18(20)26-14-39-23(27(30,31)32)19(26)13-40-25(37-26)36-24(38)16-4-2-1-3-5-16/h1-9,11-12,19,23H,13-14H2,(H,36,37,38)/b21-9-/t19-,23+,26-/m1/s1. The number of hydrogen-bond acceptors (Lipinski definition) is 7. The van der Waals surface area contributed by atoms with E-state index in [0.717, 1.165) is 36.3 Å². The third-order valence-electron chi connectivity index (χ3n) is 6.50. The predicted molar refractivity (Wildman–Crippen MR) is 137 cm³/mol. The van der Waals surface area contributed by atoms with E-state index in [1.807, 2.05) is 0 Å². The van der Waals surface area contributed by atoms with Crippen LogP contribution in [0, 0.1) is 23.1 Å². The SMILES string of the molecule is N#Cc1cnc(/C(F)=C/c2ccc(F)c([C@]34CO[C@H](C(F)(F)F)[C@H]3CSC(NC(=O)c3ccccc3)=N4)c2)cn1. The minimum absolute atomic E-state index is 0.0101. The van der Waals surface area contributed by atoms with Crippen molar-refractivity contribution in [2.75, 3.05) is 12.4 Å². The summed E-state index contributed by atoms with van der Waals surface area (Å²) in [5.74, 6) is -3.76. The van der Waals surface area contributed by atoms with E-state index in [2.05, 4.69) is 20.3 Å². The fraction of sp³-hybridized carbons (Fsp3) is 0.222. The second-order valence-corrected chi connectivity index (χ2v) is 9.99. The van der Waals surface area contributed by atoms with Gasteiger partial charge in [-0.15, -0.1) is 0 Å². The summed E-state index contributed by atoms with van der Waals surface area (Å²) in [4.78, 5) is 24.7. The number of amidine groups is 1. The zero-order chi connectivity index (χ0) is 28.5. The van der Waals surface area contributed by atoms with E-state index >= 15 is 4.39 Å². The number of rotatable bonds is 4. The van der Waals surface area contributed by atoms with E-state index in [0.29, 0.717) is 5.56 Å². The van der Waals surface area contributed by atoms with Crippen LogP contribution >= 0.6 is 11.8 Å². The summed E-state index contributed by atoms with van der Waals surface area (Å²) >= 11 is 0.902. The molecule has 3 aromatic rings. The lowest BCUT2D eigenvalue weighted by molar-refractivity contribution is -0.215. The molecule has 1 amide bonds. The Morgan fingerprint density at radius 3 is 2.62 bits per heavy atom. The van der Waals surface area contributed by atoms with Gasteiger partial charge in [-0.25, -0.2) is 23.7 Å². The van der Waals surface area contributed by atoms with Gasteiger partial charge in [0.2, 0.25) is 0 Å². The van der Waals surface area contributed by atoms with Crippen molar-refractivity contribution in [2.45, 2.75) is 17.8 Å². The highest BCUT2D eigenvalue weighted by Gasteiger charge is 2.62. The smallest absolute Gasteiger partial charge is 0.365 e. The predicted octanol–water partition coefficient (Wildman–Crippen LogP) is 5.26. The third-order valence-corrected chi connectivity index (χ3v) is 7.50. The number of carbonyl (C=O) groups excluding carboxylic acids is 1. The first-order chi connectivity index (χ1) is 19.1. The van der Waals surface area contributed by atoms with Crippen molar-refractivity contribution < 1.29 is 31.5 Å². The number of nitriles is 1. The molecule has 0 bridgehead atoms. The van der Waals surface area contributed by atoms with Gasteiger partial charge in [0.25, 0.3) is 5.91 Å². The van der Waals surface area contributed by atoms with Crippen molar-refractivity contribution in [3.8, 4) is 6.07 Å². The van der Waals surface area contributed by atoms with Crippen LogP contribution in [0.5, 0.6) is 0 Å². The molecule has 1 aromatic heterocycles. The summed E-state index contributed by atoms with van der Waals surface area (Å²) in [6, 6.07) is 13.4. The maximum absolute atomic E-state index is 15.3. The van der Waals surface area contributed by atoms with Gasteiger partial charge in [0, 0.05) is 22.8 Å². The van der Waals surface area contributed by atoms with Crippen LogP contribution in [0.2, 0.25) is 0 Å². The molecule has 0 radical (unpaired) electrons. The number of nitrogens with zero attached hydrogens (tertiary/aromatic N) is 4. The molecule has 3 heterocycles. The fourth-order valence-electron chi connectivity index (χ4n) is 4.59. The highest BCUT2D eigenvalue weighted by atomic mass is 32.2. The largest absolute Gasteiger partial charge is 0.415 e. The number of nitrogens with one attached hydrogen (secondary N) is 1. The number of amides is 1. The van der Waals surface area contributed by atoms with E-state index < -0.39 is 47.9 Å². The van der Waals surface area contributed by atoms with Crippen molar-refractivity contribution in [1.82, 2.24) is 15.3 Å². The van der Waals surface area contributed by atoms with E-state index in [9.17, 15) is 22.4 Å². The van der Waals surface area contributed by atoms with Gasteiger partial charge >= 0.3 is 6.18 Å². The number of thioether (sulfide) groups is 1. The first kappa shape index (κ1) is 27.4. The molecule has 0 aliphatic carbocycles. The maximum atomic E-state index is 15.3. The van der Waals surface area contributed by atoms with Gasteiger partial charge in [-0.2, -0.15) is 18.4 Å². The van der Waals surface area contributed by atoms with Crippen molar-refractivity contribution in [1.29, 1.82) is 5.26 Å². The van der Waals surface area contributed by atoms with Gasteiger partial charge in [-0.1, -0.05) is 36.0 Å². The quantitative estimate of drug-likeness (QED) is 0.429. The topological polar surface area (TPSA) is 100 Å². The molecule has 3 atom stereocenters. The minimum atomic E-state index is -4.75. The molecule has 7 nitrogen and oxygen atoms in total.